The Balaban J connectivity index is 1.67. The van der Waals surface area contributed by atoms with Gasteiger partial charge in [-0.05, 0) is 24.6 Å². The second kappa shape index (κ2) is 9.26. The van der Waals surface area contributed by atoms with Gasteiger partial charge in [-0.3, -0.25) is 9.69 Å². The molecule has 2 aromatic rings. The number of carbonyl (C=O) groups is 1. The Kier molecular flexibility index (Phi) is 6.74. The number of hydrogen-bond donors (Lipinski definition) is 1. The number of nitrogens with zero attached hydrogens (tertiary/aromatic N) is 4. The molecule has 0 radical (unpaired) electrons. The summed E-state index contributed by atoms with van der Waals surface area (Å²) in [6, 6.07) is 5.88. The normalized spacial score (nSPS) is 15.5. The zero-order valence-electron chi connectivity index (χ0n) is 17.9. The minimum atomic E-state index is -0.163. The van der Waals surface area contributed by atoms with Gasteiger partial charge in [0, 0.05) is 38.5 Å². The van der Waals surface area contributed by atoms with Gasteiger partial charge >= 0.3 is 0 Å². The number of ether oxygens (including phenoxy) is 2. The second-order valence-electron chi connectivity index (χ2n) is 7.73. The largest absolute Gasteiger partial charge is 0.493 e. The highest BCUT2D eigenvalue weighted by atomic mass is 16.5. The van der Waals surface area contributed by atoms with Gasteiger partial charge in [-0.1, -0.05) is 19.9 Å². The van der Waals surface area contributed by atoms with E-state index >= 15 is 0 Å². The van der Waals surface area contributed by atoms with Gasteiger partial charge in [0.1, 0.15) is 5.82 Å². The number of aromatic nitrogens is 3. The minimum absolute atomic E-state index is 0.0264. The van der Waals surface area contributed by atoms with E-state index in [1.54, 1.807) is 14.2 Å². The molecule has 1 amide bonds. The first-order valence-electron chi connectivity index (χ1n) is 10.1. The van der Waals surface area contributed by atoms with E-state index in [0.29, 0.717) is 0 Å². The fraction of sp³-hybridized carbons (Fsp3) is 0.571. The molecule has 1 aliphatic rings. The molecule has 1 aromatic heterocycles. The van der Waals surface area contributed by atoms with E-state index in [1.807, 2.05) is 32.9 Å². The van der Waals surface area contributed by atoms with Crippen molar-refractivity contribution in [1.82, 2.24) is 25.0 Å². The van der Waals surface area contributed by atoms with Gasteiger partial charge in [-0.2, -0.15) is 0 Å². The molecule has 8 nitrogen and oxygen atoms in total. The number of rotatable bonds is 7. The lowest BCUT2D eigenvalue weighted by molar-refractivity contribution is -0.124. The third kappa shape index (κ3) is 4.87. The topological polar surface area (TPSA) is 81.5 Å². The van der Waals surface area contributed by atoms with Crippen LogP contribution < -0.4 is 14.8 Å². The molecular weight excluding hydrogens is 370 g/mol. The van der Waals surface area contributed by atoms with Crippen molar-refractivity contribution in [2.24, 2.45) is 5.92 Å². The maximum atomic E-state index is 12.0. The zero-order valence-corrected chi connectivity index (χ0v) is 17.9. The molecule has 1 atom stereocenters. The Morgan fingerprint density at radius 2 is 1.86 bits per heavy atom. The molecule has 1 aromatic carbocycles. The molecule has 0 fully saturated rings. The number of methoxy groups -OCH3 is 2. The predicted molar refractivity (Wildman–Crippen MR) is 110 cm³/mol. The van der Waals surface area contributed by atoms with E-state index in [4.69, 9.17) is 9.47 Å². The molecular formula is C21H31N5O3. The van der Waals surface area contributed by atoms with E-state index in [-0.39, 0.29) is 17.9 Å². The lowest BCUT2D eigenvalue weighted by Gasteiger charge is -2.21. The van der Waals surface area contributed by atoms with Crippen LogP contribution in [0.5, 0.6) is 11.5 Å². The number of hydrogen-bond acceptors (Lipinski definition) is 6. The highest BCUT2D eigenvalue weighted by Gasteiger charge is 2.23. The van der Waals surface area contributed by atoms with E-state index in [9.17, 15) is 4.79 Å². The number of amides is 1. The molecule has 0 spiro atoms. The van der Waals surface area contributed by atoms with E-state index in [1.165, 1.54) is 5.56 Å². The Morgan fingerprint density at radius 3 is 2.55 bits per heavy atom. The van der Waals surface area contributed by atoms with Gasteiger partial charge in [-0.25, -0.2) is 0 Å². The van der Waals surface area contributed by atoms with Crippen LogP contribution in [0.4, 0.5) is 0 Å². The van der Waals surface area contributed by atoms with Crippen molar-refractivity contribution in [2.75, 3.05) is 27.3 Å². The molecule has 0 saturated heterocycles. The third-order valence-electron chi connectivity index (χ3n) is 5.27. The van der Waals surface area contributed by atoms with Crippen molar-refractivity contribution in [3.63, 3.8) is 0 Å². The average molecular weight is 402 g/mol. The van der Waals surface area contributed by atoms with Crippen LogP contribution in [-0.4, -0.2) is 52.9 Å². The molecule has 1 unspecified atom stereocenters. The van der Waals surface area contributed by atoms with Crippen molar-refractivity contribution in [3.8, 4) is 11.5 Å². The third-order valence-corrected chi connectivity index (χ3v) is 5.27. The summed E-state index contributed by atoms with van der Waals surface area (Å²) in [5.41, 5.74) is 1.18. The van der Waals surface area contributed by atoms with E-state index < -0.39 is 0 Å². The number of benzene rings is 1. The van der Waals surface area contributed by atoms with Crippen molar-refractivity contribution in [2.45, 2.75) is 46.3 Å². The summed E-state index contributed by atoms with van der Waals surface area (Å²) in [6.45, 7) is 9.15. The fourth-order valence-electron chi connectivity index (χ4n) is 3.55. The van der Waals surface area contributed by atoms with Crippen molar-refractivity contribution in [3.05, 3.63) is 35.4 Å². The summed E-state index contributed by atoms with van der Waals surface area (Å²) < 4.78 is 12.9. The molecule has 8 heteroatoms. The molecule has 158 valence electrons. The Bertz CT molecular complexity index is 849. The first kappa shape index (κ1) is 21.1. The summed E-state index contributed by atoms with van der Waals surface area (Å²) in [6.07, 6.45) is 0.825. The average Bonchev–Trinajstić information content (AvgIpc) is 3.02. The molecule has 0 saturated carbocycles. The lowest BCUT2D eigenvalue weighted by Crippen LogP contribution is -2.32. The van der Waals surface area contributed by atoms with Crippen LogP contribution in [0.15, 0.2) is 18.2 Å². The van der Waals surface area contributed by atoms with Gasteiger partial charge < -0.3 is 19.4 Å². The van der Waals surface area contributed by atoms with Gasteiger partial charge in [0.05, 0.1) is 20.3 Å². The Morgan fingerprint density at radius 1 is 1.10 bits per heavy atom. The maximum absolute atomic E-state index is 12.0. The van der Waals surface area contributed by atoms with Crippen molar-refractivity contribution in [1.29, 1.82) is 0 Å². The van der Waals surface area contributed by atoms with Crippen LogP contribution in [-0.2, 0) is 24.3 Å². The summed E-state index contributed by atoms with van der Waals surface area (Å²) in [5.74, 6) is 3.25. The summed E-state index contributed by atoms with van der Waals surface area (Å²) in [5, 5.41) is 11.8. The van der Waals surface area contributed by atoms with E-state index in [0.717, 1.165) is 55.7 Å². The minimum Gasteiger partial charge on any atom is -0.493 e. The monoisotopic (exact) mass is 401 g/mol. The van der Waals surface area contributed by atoms with Crippen LogP contribution >= 0.6 is 0 Å². The van der Waals surface area contributed by atoms with Crippen LogP contribution in [0.2, 0.25) is 0 Å². The molecule has 3 rings (SSSR count). The van der Waals surface area contributed by atoms with Gasteiger partial charge in [0.2, 0.25) is 5.91 Å². The fourth-order valence-corrected chi connectivity index (χ4v) is 3.55. The molecule has 0 bridgehead atoms. The molecule has 2 heterocycles. The number of nitrogens with one attached hydrogen (secondary N) is 1. The van der Waals surface area contributed by atoms with Crippen molar-refractivity contribution < 1.29 is 14.3 Å². The van der Waals surface area contributed by atoms with Gasteiger partial charge in [0.15, 0.2) is 17.3 Å². The Hall–Kier alpha value is -2.61. The SMILES string of the molecule is COc1ccc(CN2CCc3nnc(C(C)NC(=O)C(C)C)n3CC2)cc1OC. The molecule has 29 heavy (non-hydrogen) atoms. The molecule has 0 aliphatic carbocycles. The van der Waals surface area contributed by atoms with Crippen LogP contribution in [0.25, 0.3) is 0 Å². The first-order chi connectivity index (χ1) is 13.9. The summed E-state index contributed by atoms with van der Waals surface area (Å²) >= 11 is 0. The first-order valence-corrected chi connectivity index (χ1v) is 10.1. The van der Waals surface area contributed by atoms with E-state index in [2.05, 4.69) is 31.0 Å². The molecule has 1 aliphatic heterocycles. The quantitative estimate of drug-likeness (QED) is 0.766. The smallest absolute Gasteiger partial charge is 0.223 e. The van der Waals surface area contributed by atoms with Gasteiger partial charge in [-0.15, -0.1) is 10.2 Å². The van der Waals surface area contributed by atoms with Crippen LogP contribution in [0, 0.1) is 5.92 Å². The van der Waals surface area contributed by atoms with Crippen LogP contribution in [0.1, 0.15) is 44.0 Å². The summed E-state index contributed by atoms with van der Waals surface area (Å²) in [4.78, 5) is 14.4. The Labute approximate surface area is 172 Å². The number of carbonyl (C=O) groups excluding carboxylic acids is 1. The van der Waals surface area contributed by atoms with Gasteiger partial charge in [0.25, 0.3) is 0 Å². The van der Waals surface area contributed by atoms with Crippen molar-refractivity contribution >= 4 is 5.91 Å². The second-order valence-corrected chi connectivity index (χ2v) is 7.73. The van der Waals surface area contributed by atoms with Crippen LogP contribution in [0.3, 0.4) is 0 Å². The predicted octanol–water partition coefficient (Wildman–Crippen LogP) is 2.19. The highest BCUT2D eigenvalue weighted by Crippen LogP contribution is 2.28. The summed E-state index contributed by atoms with van der Waals surface area (Å²) in [7, 11) is 3.30. The zero-order chi connectivity index (χ0) is 21.0. The highest BCUT2D eigenvalue weighted by molar-refractivity contribution is 5.78. The lowest BCUT2D eigenvalue weighted by atomic mass is 10.2. The maximum Gasteiger partial charge on any atom is 0.223 e. The standard InChI is InChI=1S/C21H31N5O3/c1-14(2)21(27)22-15(3)20-24-23-19-8-9-25(10-11-26(19)20)13-16-6-7-17(28-4)18(12-16)29-5/h6-7,12,14-15H,8-11,13H2,1-5H3,(H,22,27). The number of fused-ring (bicyclic) bond motifs is 1. The molecule has 1 N–H and O–H groups in total.